The molecule has 0 radical (unpaired) electrons. The number of hydrazone groups is 1. The van der Waals surface area contributed by atoms with E-state index in [0.29, 0.717) is 35.8 Å². The Bertz CT molecular complexity index is 899. The highest BCUT2D eigenvalue weighted by Gasteiger charge is 2.14. The van der Waals surface area contributed by atoms with Crippen LogP contribution in [-0.4, -0.2) is 37.9 Å². The van der Waals surface area contributed by atoms with Crippen LogP contribution in [-0.2, 0) is 9.53 Å². The van der Waals surface area contributed by atoms with Crippen LogP contribution in [0.2, 0.25) is 0 Å². The normalized spacial score (nSPS) is 10.6. The molecule has 0 unspecified atom stereocenters. The Morgan fingerprint density at radius 1 is 1.14 bits per heavy atom. The lowest BCUT2D eigenvalue weighted by Crippen LogP contribution is -2.18. The molecule has 0 aliphatic rings. The van der Waals surface area contributed by atoms with E-state index in [2.05, 4.69) is 33.1 Å². The first-order valence-corrected chi connectivity index (χ1v) is 10.2. The summed E-state index contributed by atoms with van der Waals surface area (Å²) in [4.78, 5) is 23.8. The monoisotopic (exact) mass is 510 g/mol. The van der Waals surface area contributed by atoms with E-state index < -0.39 is 5.97 Å². The molecule has 0 bridgehead atoms. The minimum atomic E-state index is -0.449. The number of carbonyl (C=O) groups excluding carboxylic acids is 2. The summed E-state index contributed by atoms with van der Waals surface area (Å²) in [5, 5.41) is 4.03. The van der Waals surface area contributed by atoms with Crippen molar-refractivity contribution in [2.75, 3.05) is 19.8 Å². The van der Waals surface area contributed by atoms with Crippen LogP contribution >= 0.6 is 22.6 Å². The number of amides is 1. The zero-order chi connectivity index (χ0) is 21.2. The molecule has 2 rings (SSSR count). The fourth-order valence-electron chi connectivity index (χ4n) is 2.45. The first-order chi connectivity index (χ1) is 14.0. The Labute approximate surface area is 183 Å². The molecule has 154 valence electrons. The second kappa shape index (κ2) is 11.4. The van der Waals surface area contributed by atoms with Gasteiger partial charge in [-0.05, 0) is 72.7 Å². The average molecular weight is 510 g/mol. The third-order valence-corrected chi connectivity index (χ3v) is 4.54. The molecule has 0 aromatic heterocycles. The average Bonchev–Trinajstić information content (AvgIpc) is 2.68. The summed E-state index contributed by atoms with van der Waals surface area (Å²) in [7, 11) is 0. The predicted octanol–water partition coefficient (Wildman–Crippen LogP) is 3.70. The second-order valence-corrected chi connectivity index (χ2v) is 7.03. The van der Waals surface area contributed by atoms with Gasteiger partial charge in [0.2, 0.25) is 0 Å². The number of rotatable bonds is 9. The third-order valence-electron chi connectivity index (χ3n) is 3.74. The van der Waals surface area contributed by atoms with Crippen molar-refractivity contribution in [2.24, 2.45) is 5.10 Å². The van der Waals surface area contributed by atoms with Gasteiger partial charge in [-0.2, -0.15) is 5.10 Å². The lowest BCUT2D eigenvalue weighted by atomic mass is 10.1. The van der Waals surface area contributed by atoms with Crippen molar-refractivity contribution in [3.05, 3.63) is 56.7 Å². The van der Waals surface area contributed by atoms with E-state index in [4.69, 9.17) is 14.2 Å². The molecule has 0 atom stereocenters. The predicted molar refractivity (Wildman–Crippen MR) is 119 cm³/mol. The van der Waals surface area contributed by atoms with Crippen molar-refractivity contribution in [2.45, 2.75) is 20.8 Å². The molecule has 1 N–H and O–H groups in total. The molecule has 0 saturated heterocycles. The molecule has 1 amide bonds. The van der Waals surface area contributed by atoms with E-state index in [-0.39, 0.29) is 12.5 Å². The molecule has 0 spiro atoms. The number of aryl methyl sites for hydroxylation is 1. The maximum atomic E-state index is 12.2. The summed E-state index contributed by atoms with van der Waals surface area (Å²) in [5.41, 5.74) is 4.68. The molecule has 2 aromatic rings. The highest BCUT2D eigenvalue weighted by atomic mass is 127. The van der Waals surface area contributed by atoms with Gasteiger partial charge >= 0.3 is 5.97 Å². The number of hydrogen-bond donors (Lipinski definition) is 1. The van der Waals surface area contributed by atoms with Gasteiger partial charge in [0.1, 0.15) is 0 Å². The second-order valence-electron chi connectivity index (χ2n) is 5.87. The Morgan fingerprint density at radius 3 is 2.59 bits per heavy atom. The van der Waals surface area contributed by atoms with Gasteiger partial charge in [0.25, 0.3) is 5.91 Å². The highest BCUT2D eigenvalue weighted by molar-refractivity contribution is 14.1. The molecule has 8 heteroatoms. The lowest BCUT2D eigenvalue weighted by molar-refractivity contribution is -0.145. The lowest BCUT2D eigenvalue weighted by Gasteiger charge is -2.14. The molecule has 2 aromatic carbocycles. The van der Waals surface area contributed by atoms with Crippen LogP contribution in [0, 0.1) is 10.5 Å². The summed E-state index contributed by atoms with van der Waals surface area (Å²) < 4.78 is 16.8. The number of benzene rings is 2. The van der Waals surface area contributed by atoms with Crippen molar-refractivity contribution in [3.63, 3.8) is 0 Å². The van der Waals surface area contributed by atoms with Gasteiger partial charge in [-0.15, -0.1) is 0 Å². The van der Waals surface area contributed by atoms with E-state index >= 15 is 0 Å². The summed E-state index contributed by atoms with van der Waals surface area (Å²) in [6, 6.07) is 10.8. The molecule has 29 heavy (non-hydrogen) atoms. The SMILES string of the molecule is CCOC(=O)COc1c(I)cc(/C=N/NC(=O)c2ccccc2C)cc1OCC. The minimum Gasteiger partial charge on any atom is -0.490 e. The number of nitrogens with one attached hydrogen (secondary N) is 1. The zero-order valence-corrected chi connectivity index (χ0v) is 18.7. The Kier molecular flexibility index (Phi) is 8.91. The fourth-order valence-corrected chi connectivity index (χ4v) is 3.23. The van der Waals surface area contributed by atoms with E-state index in [1.54, 1.807) is 25.1 Å². The van der Waals surface area contributed by atoms with Gasteiger partial charge in [-0.1, -0.05) is 18.2 Å². The van der Waals surface area contributed by atoms with Gasteiger partial charge in [-0.3, -0.25) is 4.79 Å². The van der Waals surface area contributed by atoms with E-state index in [9.17, 15) is 9.59 Å². The molecule has 0 saturated carbocycles. The highest BCUT2D eigenvalue weighted by Crippen LogP contribution is 2.34. The van der Waals surface area contributed by atoms with E-state index in [1.165, 1.54) is 6.21 Å². The van der Waals surface area contributed by atoms with Crippen molar-refractivity contribution < 1.29 is 23.8 Å². The van der Waals surface area contributed by atoms with Crippen LogP contribution in [0.5, 0.6) is 11.5 Å². The third kappa shape index (κ3) is 6.74. The van der Waals surface area contributed by atoms with Gasteiger partial charge in [0.15, 0.2) is 18.1 Å². The molecule has 0 aliphatic carbocycles. The van der Waals surface area contributed by atoms with Crippen LogP contribution in [0.1, 0.15) is 35.3 Å². The van der Waals surface area contributed by atoms with E-state index in [0.717, 1.165) is 9.13 Å². The van der Waals surface area contributed by atoms with Crippen molar-refractivity contribution in [1.29, 1.82) is 0 Å². The number of carbonyl (C=O) groups is 2. The Hall–Kier alpha value is -2.62. The summed E-state index contributed by atoms with van der Waals surface area (Å²) in [5.74, 6) is 0.209. The largest absolute Gasteiger partial charge is 0.490 e. The zero-order valence-electron chi connectivity index (χ0n) is 16.5. The van der Waals surface area contributed by atoms with Crippen LogP contribution in [0.15, 0.2) is 41.5 Å². The standard InChI is InChI=1S/C21H23IN2O5/c1-4-27-18-11-15(10-17(22)20(18)29-13-19(25)28-5-2)12-23-24-21(26)16-9-7-6-8-14(16)3/h6-12H,4-5,13H2,1-3H3,(H,24,26)/b23-12+. The molecule has 7 nitrogen and oxygen atoms in total. The van der Waals surface area contributed by atoms with Crippen LogP contribution < -0.4 is 14.9 Å². The number of esters is 1. The van der Waals surface area contributed by atoms with Gasteiger partial charge in [-0.25, -0.2) is 10.2 Å². The van der Waals surface area contributed by atoms with Crippen LogP contribution in [0.25, 0.3) is 0 Å². The van der Waals surface area contributed by atoms with Gasteiger partial charge < -0.3 is 14.2 Å². The summed E-state index contributed by atoms with van der Waals surface area (Å²) in [6.07, 6.45) is 1.52. The molecular weight excluding hydrogens is 487 g/mol. The topological polar surface area (TPSA) is 86.2 Å². The van der Waals surface area contributed by atoms with Crippen LogP contribution in [0.4, 0.5) is 0 Å². The summed E-state index contributed by atoms with van der Waals surface area (Å²) >= 11 is 2.09. The van der Waals surface area contributed by atoms with Gasteiger partial charge in [0, 0.05) is 5.56 Å². The quantitative estimate of drug-likeness (QED) is 0.241. The minimum absolute atomic E-state index is 0.205. The maximum Gasteiger partial charge on any atom is 0.344 e. The first-order valence-electron chi connectivity index (χ1n) is 9.10. The number of halogens is 1. The van der Waals surface area contributed by atoms with Crippen molar-refractivity contribution in [1.82, 2.24) is 5.43 Å². The van der Waals surface area contributed by atoms with Gasteiger partial charge in [0.05, 0.1) is 23.0 Å². The molecular formula is C21H23IN2O5. The first kappa shape index (κ1) is 22.7. The number of hydrogen-bond acceptors (Lipinski definition) is 6. The van der Waals surface area contributed by atoms with Crippen LogP contribution in [0.3, 0.4) is 0 Å². The number of ether oxygens (including phenoxy) is 3. The van der Waals surface area contributed by atoms with E-state index in [1.807, 2.05) is 32.0 Å². The summed E-state index contributed by atoms with van der Waals surface area (Å²) in [6.45, 7) is 5.97. The number of nitrogens with zero attached hydrogens (tertiary/aromatic N) is 1. The fraction of sp³-hybridized carbons (Fsp3) is 0.286. The Balaban J connectivity index is 2.12. The van der Waals surface area contributed by atoms with Crippen molar-refractivity contribution >= 4 is 40.7 Å². The maximum absolute atomic E-state index is 12.2. The molecule has 0 aliphatic heterocycles. The molecule has 0 fully saturated rings. The molecule has 0 heterocycles. The smallest absolute Gasteiger partial charge is 0.344 e. The Morgan fingerprint density at radius 2 is 1.90 bits per heavy atom. The van der Waals surface area contributed by atoms with Crippen molar-refractivity contribution in [3.8, 4) is 11.5 Å².